The molecule has 3 nitrogen and oxygen atoms in total. The average molecular weight is 779 g/mol. The molecular formula is C58H38N2O. The van der Waals surface area contributed by atoms with E-state index in [1.165, 1.54) is 49.3 Å². The maximum absolute atomic E-state index is 6.41. The zero-order chi connectivity index (χ0) is 40.3. The molecule has 0 aliphatic rings. The molecule has 12 aromatic rings. The molecule has 0 radical (unpaired) electrons. The van der Waals surface area contributed by atoms with Crippen LogP contribution >= 0.6 is 0 Å². The number of aromatic nitrogens is 1. The normalized spacial score (nSPS) is 11.6. The minimum Gasteiger partial charge on any atom is -0.456 e. The molecule has 12 rings (SSSR count). The lowest BCUT2D eigenvalue weighted by Gasteiger charge is -2.29. The Morgan fingerprint density at radius 1 is 0.344 bits per heavy atom. The van der Waals surface area contributed by atoms with E-state index >= 15 is 0 Å². The van der Waals surface area contributed by atoms with Crippen LogP contribution in [-0.2, 0) is 0 Å². The summed E-state index contributed by atoms with van der Waals surface area (Å²) in [5.74, 6) is 0. The van der Waals surface area contributed by atoms with E-state index in [1.807, 2.05) is 6.07 Å². The molecule has 0 fully saturated rings. The summed E-state index contributed by atoms with van der Waals surface area (Å²) in [4.78, 5) is 2.41. The van der Waals surface area contributed by atoms with Crippen molar-refractivity contribution in [3.8, 4) is 39.1 Å². The summed E-state index contributed by atoms with van der Waals surface area (Å²) in [6, 6.07) is 83.0. The molecule has 0 bridgehead atoms. The highest BCUT2D eigenvalue weighted by Gasteiger charge is 2.22. The third kappa shape index (κ3) is 5.82. The predicted octanol–water partition coefficient (Wildman–Crippen LogP) is 16.3. The quantitative estimate of drug-likeness (QED) is 0.161. The highest BCUT2D eigenvalue weighted by Crippen LogP contribution is 2.46. The summed E-state index contributed by atoms with van der Waals surface area (Å²) in [5, 5.41) is 7.21. The van der Waals surface area contributed by atoms with Gasteiger partial charge in [0.05, 0.1) is 16.7 Å². The molecular weight excluding hydrogens is 741 g/mol. The fourth-order valence-corrected chi connectivity index (χ4v) is 9.44. The zero-order valence-electron chi connectivity index (χ0n) is 33.2. The van der Waals surface area contributed by atoms with E-state index in [4.69, 9.17) is 4.42 Å². The Labute approximate surface area is 353 Å². The first-order chi connectivity index (χ1) is 30.3. The van der Waals surface area contributed by atoms with Crippen LogP contribution in [0.15, 0.2) is 235 Å². The minimum absolute atomic E-state index is 0.878. The van der Waals surface area contributed by atoms with Gasteiger partial charge in [-0.15, -0.1) is 0 Å². The molecule has 3 heteroatoms. The van der Waals surface area contributed by atoms with Crippen molar-refractivity contribution in [3.63, 3.8) is 0 Å². The molecule has 61 heavy (non-hydrogen) atoms. The molecule has 0 spiro atoms. The Kier molecular flexibility index (Phi) is 8.17. The number of anilines is 3. The highest BCUT2D eigenvalue weighted by molar-refractivity contribution is 6.14. The van der Waals surface area contributed by atoms with Crippen molar-refractivity contribution in [1.29, 1.82) is 0 Å². The first-order valence-corrected chi connectivity index (χ1v) is 20.8. The van der Waals surface area contributed by atoms with Gasteiger partial charge >= 0.3 is 0 Å². The molecule has 0 saturated heterocycles. The van der Waals surface area contributed by atoms with Crippen LogP contribution in [0.4, 0.5) is 17.1 Å². The van der Waals surface area contributed by atoms with Crippen LogP contribution in [0, 0.1) is 0 Å². The molecule has 0 aliphatic heterocycles. The van der Waals surface area contributed by atoms with Crippen molar-refractivity contribution in [2.24, 2.45) is 0 Å². The van der Waals surface area contributed by atoms with Gasteiger partial charge in [-0.3, -0.25) is 0 Å². The molecule has 0 N–H and O–H groups in total. The second kappa shape index (κ2) is 14.3. The Bertz CT molecular complexity index is 3550. The average Bonchev–Trinajstić information content (AvgIpc) is 3.88. The molecule has 2 heterocycles. The number of hydrogen-bond donors (Lipinski definition) is 0. The SMILES string of the molecule is c1cc(-c2ccc(N(c3cccc(-n4c5ccccc5c5ccccc54)c3)c3ccccc3-c3cccc4oc5ccccc5c34)cc2)cc(-c2cccc3ccccc23)c1. The molecule has 0 saturated carbocycles. The first-order valence-electron chi connectivity index (χ1n) is 20.8. The number of rotatable bonds is 7. The Hall–Kier alpha value is -8.14. The van der Waals surface area contributed by atoms with Gasteiger partial charge in [0.15, 0.2) is 0 Å². The molecule has 0 unspecified atom stereocenters. The summed E-state index contributed by atoms with van der Waals surface area (Å²) in [5.41, 5.74) is 15.4. The first kappa shape index (κ1) is 34.9. The summed E-state index contributed by atoms with van der Waals surface area (Å²) >= 11 is 0. The fraction of sp³-hybridized carbons (Fsp3) is 0. The van der Waals surface area contributed by atoms with Gasteiger partial charge in [0.25, 0.3) is 0 Å². The smallest absolute Gasteiger partial charge is 0.136 e. The third-order valence-corrected chi connectivity index (χ3v) is 12.2. The van der Waals surface area contributed by atoms with E-state index in [9.17, 15) is 0 Å². The lowest BCUT2D eigenvalue weighted by atomic mass is 9.95. The van der Waals surface area contributed by atoms with Crippen LogP contribution in [0.25, 0.3) is 93.6 Å². The second-order valence-electron chi connectivity index (χ2n) is 15.7. The topological polar surface area (TPSA) is 21.3 Å². The number of fused-ring (bicyclic) bond motifs is 7. The van der Waals surface area contributed by atoms with E-state index in [1.54, 1.807) is 0 Å². The standard InChI is InChI=1S/C58H38N2O/c1-2-21-46-40(15-1)16-12-26-47(46)42-18-11-17-41(37-42)39-33-35-43(36-34-39)59(44-19-13-20-45(38-44)60-54-29-8-3-22-48(54)49-23-4-9-30-55(49)60)53-28-7-5-24-50(53)51-27-14-32-57-58(51)52-25-6-10-31-56(52)61-57/h1-38H. The van der Waals surface area contributed by atoms with E-state index < -0.39 is 0 Å². The lowest BCUT2D eigenvalue weighted by Crippen LogP contribution is -2.12. The molecule has 0 aliphatic carbocycles. The number of furan rings is 1. The van der Waals surface area contributed by atoms with Crippen LogP contribution in [0.3, 0.4) is 0 Å². The van der Waals surface area contributed by atoms with Crippen molar-refractivity contribution in [3.05, 3.63) is 231 Å². The van der Waals surface area contributed by atoms with E-state index in [2.05, 4.69) is 234 Å². The summed E-state index contributed by atoms with van der Waals surface area (Å²) in [6.45, 7) is 0. The van der Waals surface area contributed by atoms with Crippen molar-refractivity contribution < 1.29 is 4.42 Å². The zero-order valence-corrected chi connectivity index (χ0v) is 33.2. The minimum atomic E-state index is 0.878. The van der Waals surface area contributed by atoms with Gasteiger partial charge in [0.1, 0.15) is 11.2 Å². The molecule has 0 amide bonds. The van der Waals surface area contributed by atoms with Crippen molar-refractivity contribution in [2.45, 2.75) is 0 Å². The molecule has 2 aromatic heterocycles. The van der Waals surface area contributed by atoms with Crippen LogP contribution in [0.1, 0.15) is 0 Å². The van der Waals surface area contributed by atoms with Crippen molar-refractivity contribution in [1.82, 2.24) is 4.57 Å². The predicted molar refractivity (Wildman–Crippen MR) is 257 cm³/mol. The maximum Gasteiger partial charge on any atom is 0.136 e. The van der Waals surface area contributed by atoms with Gasteiger partial charge in [0, 0.05) is 44.2 Å². The largest absolute Gasteiger partial charge is 0.456 e. The molecule has 0 atom stereocenters. The Balaban J connectivity index is 1.03. The number of benzene rings is 10. The van der Waals surface area contributed by atoms with Gasteiger partial charge in [-0.05, 0) is 105 Å². The Morgan fingerprint density at radius 2 is 0.934 bits per heavy atom. The number of nitrogens with zero attached hydrogens (tertiary/aromatic N) is 2. The van der Waals surface area contributed by atoms with E-state index in [0.29, 0.717) is 0 Å². The summed E-state index contributed by atoms with van der Waals surface area (Å²) in [6.07, 6.45) is 0. The van der Waals surface area contributed by atoms with Crippen molar-refractivity contribution in [2.75, 3.05) is 4.90 Å². The van der Waals surface area contributed by atoms with E-state index in [-0.39, 0.29) is 0 Å². The maximum atomic E-state index is 6.41. The third-order valence-electron chi connectivity index (χ3n) is 12.2. The van der Waals surface area contributed by atoms with E-state index in [0.717, 1.165) is 61.4 Å². The molecule has 286 valence electrons. The Morgan fingerprint density at radius 3 is 1.77 bits per heavy atom. The van der Waals surface area contributed by atoms with Gasteiger partial charge in [-0.1, -0.05) is 164 Å². The van der Waals surface area contributed by atoms with Gasteiger partial charge < -0.3 is 13.9 Å². The number of para-hydroxylation sites is 4. The van der Waals surface area contributed by atoms with Crippen LogP contribution < -0.4 is 4.90 Å². The van der Waals surface area contributed by atoms with Gasteiger partial charge in [-0.25, -0.2) is 0 Å². The van der Waals surface area contributed by atoms with Crippen LogP contribution in [-0.4, -0.2) is 4.57 Å². The number of hydrogen-bond acceptors (Lipinski definition) is 2. The van der Waals surface area contributed by atoms with Gasteiger partial charge in [0.2, 0.25) is 0 Å². The molecule has 10 aromatic carbocycles. The second-order valence-corrected chi connectivity index (χ2v) is 15.7. The van der Waals surface area contributed by atoms with Gasteiger partial charge in [-0.2, -0.15) is 0 Å². The van der Waals surface area contributed by atoms with Crippen molar-refractivity contribution >= 4 is 71.6 Å². The lowest BCUT2D eigenvalue weighted by molar-refractivity contribution is 0.669. The fourth-order valence-electron chi connectivity index (χ4n) is 9.44. The summed E-state index contributed by atoms with van der Waals surface area (Å²) < 4.78 is 8.80. The summed E-state index contributed by atoms with van der Waals surface area (Å²) in [7, 11) is 0. The monoisotopic (exact) mass is 778 g/mol. The van der Waals surface area contributed by atoms with Crippen LogP contribution in [0.5, 0.6) is 0 Å². The highest BCUT2D eigenvalue weighted by atomic mass is 16.3. The van der Waals surface area contributed by atoms with Crippen LogP contribution in [0.2, 0.25) is 0 Å².